The second-order valence-corrected chi connectivity index (χ2v) is 2.46. The summed E-state index contributed by atoms with van der Waals surface area (Å²) in [7, 11) is 0. The van der Waals surface area contributed by atoms with Crippen LogP contribution in [0.4, 0.5) is 0 Å². The van der Waals surface area contributed by atoms with Crippen molar-refractivity contribution in [2.45, 2.75) is 6.04 Å². The lowest BCUT2D eigenvalue weighted by Crippen LogP contribution is -2.06. The molecule has 0 aliphatic rings. The molecule has 2 nitrogen and oxygen atoms in total. The van der Waals surface area contributed by atoms with Gasteiger partial charge < -0.3 is 5.73 Å². The molecule has 0 spiro atoms. The summed E-state index contributed by atoms with van der Waals surface area (Å²) in [5.41, 5.74) is 6.75. The van der Waals surface area contributed by atoms with E-state index < -0.39 is 0 Å². The predicted octanol–water partition coefficient (Wildman–Crippen LogP) is 1.44. The molecule has 0 heterocycles. The molecule has 2 N–H and O–H groups in total. The molecule has 1 rings (SSSR count). The van der Waals surface area contributed by atoms with Gasteiger partial charge in [0.05, 0.1) is 0 Å². The average Bonchev–Trinajstić information content (AvgIpc) is 2.15. The van der Waals surface area contributed by atoms with Crippen LogP contribution in [0.5, 0.6) is 0 Å². The van der Waals surface area contributed by atoms with Crippen LogP contribution in [0.15, 0.2) is 42.5 Å². The third kappa shape index (κ3) is 2.32. The van der Waals surface area contributed by atoms with Crippen molar-refractivity contribution in [3.63, 3.8) is 0 Å². The van der Waals surface area contributed by atoms with Crippen LogP contribution >= 0.6 is 0 Å². The highest BCUT2D eigenvalue weighted by atomic mass is 16.1. The molecular weight excluding hydrogens is 150 g/mol. The van der Waals surface area contributed by atoms with Crippen molar-refractivity contribution >= 4 is 6.29 Å². The number of carbonyl (C=O) groups is 1. The van der Waals surface area contributed by atoms with E-state index in [0.717, 1.165) is 11.8 Å². The van der Waals surface area contributed by atoms with Gasteiger partial charge in [0.25, 0.3) is 0 Å². The Hall–Kier alpha value is -1.41. The largest absolute Gasteiger partial charge is 0.321 e. The minimum absolute atomic E-state index is 0.184. The summed E-state index contributed by atoms with van der Waals surface area (Å²) in [4.78, 5) is 10.00. The van der Waals surface area contributed by atoms with Gasteiger partial charge in [-0.2, -0.15) is 0 Å². The molecule has 0 saturated carbocycles. The first-order valence-corrected chi connectivity index (χ1v) is 3.77. The number of hydrogen-bond donors (Lipinski definition) is 1. The summed E-state index contributed by atoms with van der Waals surface area (Å²) in [6, 6.07) is 9.45. The smallest absolute Gasteiger partial charge is 0.142 e. The Labute approximate surface area is 71.7 Å². The van der Waals surface area contributed by atoms with Crippen molar-refractivity contribution in [3.8, 4) is 0 Å². The molecule has 1 atom stereocenters. The molecule has 0 radical (unpaired) electrons. The van der Waals surface area contributed by atoms with Gasteiger partial charge in [-0.25, -0.2) is 0 Å². The van der Waals surface area contributed by atoms with E-state index in [1.807, 2.05) is 30.3 Å². The third-order valence-electron chi connectivity index (χ3n) is 1.58. The molecule has 0 aliphatic heterocycles. The van der Waals surface area contributed by atoms with Crippen LogP contribution in [0.2, 0.25) is 0 Å². The van der Waals surface area contributed by atoms with Gasteiger partial charge in [0.2, 0.25) is 0 Å². The van der Waals surface area contributed by atoms with Gasteiger partial charge in [-0.1, -0.05) is 36.4 Å². The minimum atomic E-state index is -0.184. The average molecular weight is 161 g/mol. The zero-order valence-electron chi connectivity index (χ0n) is 6.68. The lowest BCUT2D eigenvalue weighted by Gasteiger charge is -2.04. The number of benzene rings is 1. The Bertz CT molecular complexity index is 266. The number of carbonyl (C=O) groups excluding carboxylic acids is 1. The molecule has 2 heteroatoms. The fourth-order valence-corrected chi connectivity index (χ4v) is 0.951. The van der Waals surface area contributed by atoms with Gasteiger partial charge in [0.15, 0.2) is 0 Å². The monoisotopic (exact) mass is 161 g/mol. The maximum absolute atomic E-state index is 10.00. The van der Waals surface area contributed by atoms with E-state index in [0.29, 0.717) is 0 Å². The number of aldehydes is 1. The molecule has 0 aliphatic carbocycles. The second-order valence-electron chi connectivity index (χ2n) is 2.46. The van der Waals surface area contributed by atoms with Gasteiger partial charge in [0.1, 0.15) is 6.29 Å². The summed E-state index contributed by atoms with van der Waals surface area (Å²) in [6.45, 7) is 0. The lowest BCUT2D eigenvalue weighted by atomic mass is 10.1. The van der Waals surface area contributed by atoms with E-state index in [4.69, 9.17) is 5.73 Å². The van der Waals surface area contributed by atoms with E-state index in [2.05, 4.69) is 0 Å². The fraction of sp³-hybridized carbons (Fsp3) is 0.100. The van der Waals surface area contributed by atoms with Gasteiger partial charge in [0, 0.05) is 6.04 Å². The van der Waals surface area contributed by atoms with Gasteiger partial charge in [-0.3, -0.25) is 4.79 Å². The van der Waals surface area contributed by atoms with Crippen LogP contribution in [-0.4, -0.2) is 6.29 Å². The lowest BCUT2D eigenvalue weighted by molar-refractivity contribution is -0.104. The molecular formula is C10H11NO. The summed E-state index contributed by atoms with van der Waals surface area (Å²) in [6.07, 6.45) is 3.81. The van der Waals surface area contributed by atoms with Gasteiger partial charge in [-0.05, 0) is 11.6 Å². The Kier molecular flexibility index (Phi) is 3.23. The molecule has 0 bridgehead atoms. The van der Waals surface area contributed by atoms with Crippen LogP contribution < -0.4 is 5.73 Å². The first-order chi connectivity index (χ1) is 5.84. The van der Waals surface area contributed by atoms with Gasteiger partial charge >= 0.3 is 0 Å². The normalized spacial score (nSPS) is 13.1. The SMILES string of the molecule is NC(C=CC=O)c1ccccc1. The molecule has 0 fully saturated rings. The molecule has 1 aromatic carbocycles. The quantitative estimate of drug-likeness (QED) is 0.538. The fourth-order valence-electron chi connectivity index (χ4n) is 0.951. The molecule has 1 unspecified atom stereocenters. The maximum atomic E-state index is 10.00. The first kappa shape index (κ1) is 8.68. The summed E-state index contributed by atoms with van der Waals surface area (Å²) in [5.74, 6) is 0. The zero-order chi connectivity index (χ0) is 8.81. The van der Waals surface area contributed by atoms with Crippen molar-refractivity contribution in [2.24, 2.45) is 5.73 Å². The summed E-state index contributed by atoms with van der Waals surface area (Å²) < 4.78 is 0. The summed E-state index contributed by atoms with van der Waals surface area (Å²) >= 11 is 0. The van der Waals surface area contributed by atoms with Crippen LogP contribution in [0.1, 0.15) is 11.6 Å². The standard InChI is InChI=1S/C10H11NO/c11-10(7-4-8-12)9-5-2-1-3-6-9/h1-8,10H,11H2. The van der Waals surface area contributed by atoms with Crippen molar-refractivity contribution in [1.82, 2.24) is 0 Å². The Balaban J connectivity index is 2.71. The number of nitrogens with two attached hydrogens (primary N) is 1. The van der Waals surface area contributed by atoms with Crippen molar-refractivity contribution < 1.29 is 4.79 Å². The third-order valence-corrected chi connectivity index (χ3v) is 1.58. The molecule has 0 aromatic heterocycles. The highest BCUT2D eigenvalue weighted by molar-refractivity contribution is 5.64. The van der Waals surface area contributed by atoms with Crippen LogP contribution in [0, 0.1) is 0 Å². The molecule has 0 amide bonds. The van der Waals surface area contributed by atoms with Crippen molar-refractivity contribution in [3.05, 3.63) is 48.0 Å². The number of rotatable bonds is 3. The second kappa shape index (κ2) is 4.46. The van der Waals surface area contributed by atoms with Crippen LogP contribution in [0.25, 0.3) is 0 Å². The van der Waals surface area contributed by atoms with E-state index in [1.165, 1.54) is 6.08 Å². The number of hydrogen-bond acceptors (Lipinski definition) is 2. The molecule has 1 aromatic rings. The molecule has 12 heavy (non-hydrogen) atoms. The first-order valence-electron chi connectivity index (χ1n) is 3.77. The highest BCUT2D eigenvalue weighted by Gasteiger charge is 1.97. The van der Waals surface area contributed by atoms with Gasteiger partial charge in [-0.15, -0.1) is 0 Å². The van der Waals surface area contributed by atoms with Crippen molar-refractivity contribution in [2.75, 3.05) is 0 Å². The van der Waals surface area contributed by atoms with E-state index in [1.54, 1.807) is 6.08 Å². The maximum Gasteiger partial charge on any atom is 0.142 e. The molecule has 62 valence electrons. The minimum Gasteiger partial charge on any atom is -0.321 e. The number of allylic oxidation sites excluding steroid dienone is 1. The van der Waals surface area contributed by atoms with E-state index in [-0.39, 0.29) is 6.04 Å². The molecule has 0 saturated heterocycles. The van der Waals surface area contributed by atoms with E-state index >= 15 is 0 Å². The van der Waals surface area contributed by atoms with Crippen LogP contribution in [0.3, 0.4) is 0 Å². The Morgan fingerprint density at radius 3 is 2.50 bits per heavy atom. The van der Waals surface area contributed by atoms with Crippen molar-refractivity contribution in [1.29, 1.82) is 0 Å². The Morgan fingerprint density at radius 2 is 1.92 bits per heavy atom. The predicted molar refractivity (Wildman–Crippen MR) is 48.6 cm³/mol. The van der Waals surface area contributed by atoms with Crippen LogP contribution in [-0.2, 0) is 4.79 Å². The Morgan fingerprint density at radius 1 is 1.25 bits per heavy atom. The topological polar surface area (TPSA) is 43.1 Å². The van der Waals surface area contributed by atoms with E-state index in [9.17, 15) is 4.79 Å². The highest BCUT2D eigenvalue weighted by Crippen LogP contribution is 2.09. The zero-order valence-corrected chi connectivity index (χ0v) is 6.68. The summed E-state index contributed by atoms with van der Waals surface area (Å²) in [5, 5.41) is 0.